The van der Waals surface area contributed by atoms with Crippen molar-refractivity contribution in [1.82, 2.24) is 14.5 Å². The van der Waals surface area contributed by atoms with Crippen LogP contribution in [-0.4, -0.2) is 40.3 Å². The SMILES string of the molecule is Cc1ccc(-c2cc(C(F)(F)F)nn2-c2ccc(S(=O)(=O)NC(=O)CCc3ccccc3/N=N/c3ccc(O)c(C(=O)O)c3)cc2)cc1. The second-order valence-electron chi connectivity index (χ2n) is 10.5. The Kier molecular flexibility index (Phi) is 9.43. The van der Waals surface area contributed by atoms with Crippen LogP contribution in [0.5, 0.6) is 5.75 Å². The van der Waals surface area contributed by atoms with Gasteiger partial charge in [0.1, 0.15) is 11.3 Å². The number of carbonyl (C=O) groups excluding carboxylic acids is 1. The highest BCUT2D eigenvalue weighted by Crippen LogP contribution is 2.34. The lowest BCUT2D eigenvalue weighted by Crippen LogP contribution is -2.30. The molecule has 5 aromatic rings. The fourth-order valence-corrected chi connectivity index (χ4v) is 5.62. The highest BCUT2D eigenvalue weighted by molar-refractivity contribution is 7.90. The molecule has 11 nitrogen and oxygen atoms in total. The molecule has 0 bridgehead atoms. The van der Waals surface area contributed by atoms with Crippen LogP contribution < -0.4 is 4.72 Å². The maximum absolute atomic E-state index is 13.5. The first-order valence-corrected chi connectivity index (χ1v) is 15.7. The van der Waals surface area contributed by atoms with E-state index in [-0.39, 0.29) is 40.4 Å². The number of carbonyl (C=O) groups is 2. The van der Waals surface area contributed by atoms with E-state index in [2.05, 4.69) is 15.3 Å². The highest BCUT2D eigenvalue weighted by atomic mass is 32.2. The lowest BCUT2D eigenvalue weighted by Gasteiger charge is -2.11. The molecule has 48 heavy (non-hydrogen) atoms. The molecule has 0 spiro atoms. The van der Waals surface area contributed by atoms with E-state index in [4.69, 9.17) is 0 Å². The number of sulfonamides is 1. The zero-order valence-electron chi connectivity index (χ0n) is 25.0. The average molecular weight is 678 g/mol. The van der Waals surface area contributed by atoms with Crippen molar-refractivity contribution < 1.29 is 41.4 Å². The summed E-state index contributed by atoms with van der Waals surface area (Å²) in [5.41, 5.74) is 1.31. The summed E-state index contributed by atoms with van der Waals surface area (Å²) in [6.07, 6.45) is -4.88. The summed E-state index contributed by atoms with van der Waals surface area (Å²) < 4.78 is 69.7. The van der Waals surface area contributed by atoms with E-state index in [9.17, 15) is 41.4 Å². The monoisotopic (exact) mass is 677 g/mol. The number of alkyl halides is 3. The van der Waals surface area contributed by atoms with E-state index >= 15 is 0 Å². The number of aryl methyl sites for hydroxylation is 2. The molecule has 4 aromatic carbocycles. The molecule has 0 saturated carbocycles. The minimum atomic E-state index is -4.71. The van der Waals surface area contributed by atoms with Crippen molar-refractivity contribution >= 4 is 33.3 Å². The molecule has 1 amide bonds. The molecule has 1 aromatic heterocycles. The number of aromatic nitrogens is 2. The number of nitrogens with zero attached hydrogens (tertiary/aromatic N) is 4. The molecular weight excluding hydrogens is 651 g/mol. The van der Waals surface area contributed by atoms with Crippen LogP contribution in [0.4, 0.5) is 24.5 Å². The Morgan fingerprint density at radius 2 is 1.60 bits per heavy atom. The maximum Gasteiger partial charge on any atom is 0.435 e. The minimum Gasteiger partial charge on any atom is -0.507 e. The highest BCUT2D eigenvalue weighted by Gasteiger charge is 2.35. The van der Waals surface area contributed by atoms with Gasteiger partial charge in [0.05, 0.1) is 27.7 Å². The van der Waals surface area contributed by atoms with E-state index in [0.717, 1.165) is 34.5 Å². The van der Waals surface area contributed by atoms with Crippen LogP contribution in [0.25, 0.3) is 16.9 Å². The standard InChI is InChI=1S/C33H26F3N5O6S/c1-20-6-8-22(9-7-20)28-19-30(33(34,35)36)39-41(28)24-12-14-25(15-13-24)48(46,47)40-31(43)17-10-21-4-2-3-5-27(21)38-37-23-11-16-29(42)26(18-23)32(44)45/h2-9,11-16,18-19,42H,10,17H2,1H3,(H,40,43)(H,44,45)/b38-37+. The van der Waals surface area contributed by atoms with Gasteiger partial charge in [-0.3, -0.25) is 4.79 Å². The van der Waals surface area contributed by atoms with Gasteiger partial charge in [-0.15, -0.1) is 0 Å². The fourth-order valence-electron chi connectivity index (χ4n) is 4.61. The van der Waals surface area contributed by atoms with Crippen molar-refractivity contribution in [3.63, 3.8) is 0 Å². The van der Waals surface area contributed by atoms with E-state index < -0.39 is 39.5 Å². The Bertz CT molecular complexity index is 2130. The summed E-state index contributed by atoms with van der Waals surface area (Å²) in [5.74, 6) is -2.59. The van der Waals surface area contributed by atoms with Crippen molar-refractivity contribution in [2.24, 2.45) is 10.2 Å². The Hall–Kier alpha value is -5.83. The molecule has 0 unspecified atom stereocenters. The zero-order valence-corrected chi connectivity index (χ0v) is 25.8. The van der Waals surface area contributed by atoms with E-state index in [1.165, 1.54) is 24.3 Å². The van der Waals surface area contributed by atoms with Crippen LogP contribution in [0.15, 0.2) is 112 Å². The molecular formula is C33H26F3N5O6S. The molecule has 0 aliphatic heterocycles. The second kappa shape index (κ2) is 13.5. The molecule has 3 N–H and O–H groups in total. The summed E-state index contributed by atoms with van der Waals surface area (Å²) >= 11 is 0. The van der Waals surface area contributed by atoms with Gasteiger partial charge in [0.15, 0.2) is 5.69 Å². The number of hydrogen-bond donors (Lipinski definition) is 3. The van der Waals surface area contributed by atoms with E-state index in [1.54, 1.807) is 48.5 Å². The van der Waals surface area contributed by atoms with Crippen LogP contribution >= 0.6 is 0 Å². The zero-order chi connectivity index (χ0) is 34.6. The third-order valence-corrected chi connectivity index (χ3v) is 8.47. The molecule has 246 valence electrons. The Morgan fingerprint density at radius 3 is 2.27 bits per heavy atom. The quantitative estimate of drug-likeness (QED) is 0.133. The fraction of sp³-hybridized carbons (Fsp3) is 0.121. The first kappa shape index (κ1) is 33.5. The minimum absolute atomic E-state index is 0.0774. The number of hydrogen-bond acceptors (Lipinski definition) is 8. The third kappa shape index (κ3) is 7.75. The van der Waals surface area contributed by atoms with Crippen molar-refractivity contribution in [1.29, 1.82) is 0 Å². The average Bonchev–Trinajstić information content (AvgIpc) is 3.50. The Morgan fingerprint density at radius 1 is 0.917 bits per heavy atom. The van der Waals surface area contributed by atoms with Gasteiger partial charge in [0.25, 0.3) is 10.0 Å². The molecule has 0 radical (unpaired) electrons. The molecule has 1 heterocycles. The summed E-state index contributed by atoms with van der Waals surface area (Å²) in [6, 6.07) is 22.9. The predicted molar refractivity (Wildman–Crippen MR) is 168 cm³/mol. The number of nitrogens with one attached hydrogen (secondary N) is 1. The Balaban J connectivity index is 1.28. The summed E-state index contributed by atoms with van der Waals surface area (Å²) in [4.78, 5) is 23.7. The largest absolute Gasteiger partial charge is 0.507 e. The lowest BCUT2D eigenvalue weighted by molar-refractivity contribution is -0.141. The van der Waals surface area contributed by atoms with Crippen molar-refractivity contribution in [3.8, 4) is 22.7 Å². The lowest BCUT2D eigenvalue weighted by atomic mass is 10.1. The van der Waals surface area contributed by atoms with Crippen LogP contribution in [0, 0.1) is 6.92 Å². The van der Waals surface area contributed by atoms with Gasteiger partial charge < -0.3 is 10.2 Å². The summed E-state index contributed by atoms with van der Waals surface area (Å²) in [6.45, 7) is 1.84. The number of aromatic carboxylic acids is 1. The Labute approximate surface area is 272 Å². The van der Waals surface area contributed by atoms with Gasteiger partial charge in [-0.2, -0.15) is 28.5 Å². The van der Waals surface area contributed by atoms with Gasteiger partial charge in [0, 0.05) is 12.0 Å². The van der Waals surface area contributed by atoms with Gasteiger partial charge in [-0.25, -0.2) is 22.6 Å². The second-order valence-corrected chi connectivity index (χ2v) is 12.2. The van der Waals surface area contributed by atoms with Gasteiger partial charge >= 0.3 is 12.1 Å². The van der Waals surface area contributed by atoms with Crippen LogP contribution in [-0.2, 0) is 27.4 Å². The number of phenols is 1. The molecule has 15 heteroatoms. The van der Waals surface area contributed by atoms with E-state index in [1.807, 2.05) is 11.6 Å². The maximum atomic E-state index is 13.5. The molecule has 0 fully saturated rings. The third-order valence-electron chi connectivity index (χ3n) is 7.08. The smallest absolute Gasteiger partial charge is 0.435 e. The summed E-state index contributed by atoms with van der Waals surface area (Å²) in [7, 11) is -4.34. The predicted octanol–water partition coefficient (Wildman–Crippen LogP) is 7.12. The number of azo groups is 1. The number of benzene rings is 4. The number of carboxylic acids is 1. The van der Waals surface area contributed by atoms with Crippen LogP contribution in [0.1, 0.15) is 33.6 Å². The summed E-state index contributed by atoms with van der Waals surface area (Å²) in [5, 5.41) is 30.7. The van der Waals surface area contributed by atoms with Gasteiger partial charge in [-0.1, -0.05) is 48.0 Å². The van der Waals surface area contributed by atoms with Crippen molar-refractivity contribution in [3.05, 3.63) is 119 Å². The normalized spacial score (nSPS) is 11.9. The molecule has 5 rings (SSSR count). The number of carboxylic acid groups (broad SMARTS) is 1. The number of aromatic hydroxyl groups is 1. The molecule has 0 saturated heterocycles. The van der Waals surface area contributed by atoms with Crippen molar-refractivity contribution in [2.45, 2.75) is 30.8 Å². The van der Waals surface area contributed by atoms with Crippen molar-refractivity contribution in [2.75, 3.05) is 0 Å². The molecule has 0 aliphatic rings. The molecule has 0 atom stereocenters. The van der Waals surface area contributed by atoms with E-state index in [0.29, 0.717) is 16.8 Å². The number of amides is 1. The van der Waals surface area contributed by atoms with Gasteiger partial charge in [0.2, 0.25) is 5.91 Å². The first-order chi connectivity index (χ1) is 22.7. The van der Waals surface area contributed by atoms with Crippen LogP contribution in [0.3, 0.4) is 0 Å². The molecule has 0 aliphatic carbocycles. The number of rotatable bonds is 10. The topological polar surface area (TPSA) is 163 Å². The first-order valence-electron chi connectivity index (χ1n) is 14.2. The van der Waals surface area contributed by atoms with Crippen LogP contribution in [0.2, 0.25) is 0 Å². The number of halogens is 3. The van der Waals surface area contributed by atoms with Gasteiger partial charge in [-0.05, 0) is 73.5 Å².